The van der Waals surface area contributed by atoms with Crippen molar-refractivity contribution in [1.29, 1.82) is 0 Å². The van der Waals surface area contributed by atoms with Gasteiger partial charge in [0.05, 0.1) is 4.91 Å². The lowest BCUT2D eigenvalue weighted by atomic mass is 10.1. The number of hydrogen-bond donors (Lipinski definition) is 1. The van der Waals surface area contributed by atoms with Gasteiger partial charge in [0.25, 0.3) is 5.91 Å². The van der Waals surface area contributed by atoms with Crippen molar-refractivity contribution in [3.8, 4) is 0 Å². The number of thiocarbonyl (C=S) groups is 1. The van der Waals surface area contributed by atoms with E-state index in [1.807, 2.05) is 62.4 Å². The number of hydrogen-bond acceptors (Lipinski definition) is 4. The van der Waals surface area contributed by atoms with Crippen LogP contribution < -0.4 is 5.32 Å². The first-order valence-electron chi connectivity index (χ1n) is 10.1. The fourth-order valence-electron chi connectivity index (χ4n) is 3.29. The van der Waals surface area contributed by atoms with Gasteiger partial charge in [0.2, 0.25) is 5.91 Å². The third kappa shape index (κ3) is 6.03. The van der Waals surface area contributed by atoms with Gasteiger partial charge in [-0.2, -0.15) is 0 Å². The monoisotopic (exact) mass is 438 g/mol. The number of amides is 2. The molecule has 1 saturated heterocycles. The van der Waals surface area contributed by atoms with E-state index < -0.39 is 0 Å². The van der Waals surface area contributed by atoms with E-state index in [-0.39, 0.29) is 11.8 Å². The molecule has 1 heterocycles. The Morgan fingerprint density at radius 3 is 2.60 bits per heavy atom. The number of anilines is 1. The molecule has 0 radical (unpaired) electrons. The Labute approximate surface area is 187 Å². The predicted octanol–water partition coefficient (Wildman–Crippen LogP) is 5.70. The number of benzene rings is 2. The molecule has 30 heavy (non-hydrogen) atoms. The van der Waals surface area contributed by atoms with Crippen molar-refractivity contribution in [2.24, 2.45) is 0 Å². The lowest BCUT2D eigenvalue weighted by Crippen LogP contribution is -2.29. The predicted molar refractivity (Wildman–Crippen MR) is 129 cm³/mol. The van der Waals surface area contributed by atoms with Crippen molar-refractivity contribution in [3.63, 3.8) is 0 Å². The van der Waals surface area contributed by atoms with Crippen molar-refractivity contribution in [1.82, 2.24) is 4.90 Å². The highest BCUT2D eigenvalue weighted by Crippen LogP contribution is 2.32. The van der Waals surface area contributed by atoms with E-state index >= 15 is 0 Å². The lowest BCUT2D eigenvalue weighted by molar-refractivity contribution is -0.122. The standard InChI is InChI=1S/C24H26N2O2S2/c1-17-12-13-20(18(2)15-17)25-22(27)11-7-4-8-14-26-23(28)21(30-24(26)29)16-19-9-5-3-6-10-19/h3,5-6,9-10,12-13,15-16H,4,7-8,11,14H2,1-2H3,(H,25,27)/b21-16-. The molecule has 0 aliphatic carbocycles. The van der Waals surface area contributed by atoms with E-state index in [2.05, 4.69) is 11.4 Å². The van der Waals surface area contributed by atoms with Crippen molar-refractivity contribution in [3.05, 3.63) is 70.1 Å². The average molecular weight is 439 g/mol. The highest BCUT2D eigenvalue weighted by atomic mass is 32.2. The number of carbonyl (C=O) groups is 2. The molecule has 0 atom stereocenters. The van der Waals surface area contributed by atoms with Crippen LogP contribution in [0.2, 0.25) is 0 Å². The lowest BCUT2D eigenvalue weighted by Gasteiger charge is -2.14. The molecule has 1 N–H and O–H groups in total. The van der Waals surface area contributed by atoms with Gasteiger partial charge in [-0.25, -0.2) is 0 Å². The SMILES string of the molecule is Cc1ccc(NC(=O)CCCCCN2C(=O)/C(=C/c3ccccc3)SC2=S)c(C)c1. The number of unbranched alkanes of at least 4 members (excludes halogenated alkanes) is 2. The number of nitrogens with one attached hydrogen (secondary N) is 1. The van der Waals surface area contributed by atoms with Gasteiger partial charge in [-0.3, -0.25) is 14.5 Å². The molecule has 4 nitrogen and oxygen atoms in total. The first kappa shape index (κ1) is 22.2. The number of thioether (sulfide) groups is 1. The zero-order chi connectivity index (χ0) is 21.5. The van der Waals surface area contributed by atoms with Crippen LogP contribution in [0.25, 0.3) is 6.08 Å². The Kier molecular flexibility index (Phi) is 7.82. The van der Waals surface area contributed by atoms with Crippen LogP contribution in [0.4, 0.5) is 5.69 Å². The number of aryl methyl sites for hydroxylation is 2. The summed E-state index contributed by atoms with van der Waals surface area (Å²) in [6.07, 6.45) is 4.83. The van der Waals surface area contributed by atoms with Gasteiger partial charge in [-0.05, 0) is 50.0 Å². The molecule has 0 aromatic heterocycles. The van der Waals surface area contributed by atoms with Gasteiger partial charge >= 0.3 is 0 Å². The van der Waals surface area contributed by atoms with Crippen molar-refractivity contribution in [2.45, 2.75) is 39.5 Å². The molecule has 1 aliphatic rings. The molecule has 2 aromatic rings. The van der Waals surface area contributed by atoms with Gasteiger partial charge in [0.15, 0.2) is 0 Å². The van der Waals surface area contributed by atoms with Crippen LogP contribution in [-0.4, -0.2) is 27.6 Å². The normalized spacial score (nSPS) is 15.1. The summed E-state index contributed by atoms with van der Waals surface area (Å²) in [6.45, 7) is 4.63. The molecule has 1 aliphatic heterocycles. The summed E-state index contributed by atoms with van der Waals surface area (Å²) >= 11 is 6.74. The zero-order valence-corrected chi connectivity index (χ0v) is 18.9. The van der Waals surface area contributed by atoms with Crippen LogP contribution in [0.3, 0.4) is 0 Å². The van der Waals surface area contributed by atoms with Gasteiger partial charge in [-0.1, -0.05) is 78.4 Å². The second-order valence-electron chi connectivity index (χ2n) is 7.42. The Hall–Kier alpha value is -2.44. The first-order chi connectivity index (χ1) is 14.4. The molecular weight excluding hydrogens is 412 g/mol. The summed E-state index contributed by atoms with van der Waals surface area (Å²) in [4.78, 5) is 27.2. The molecule has 156 valence electrons. The summed E-state index contributed by atoms with van der Waals surface area (Å²) < 4.78 is 0.606. The van der Waals surface area contributed by atoms with Crippen LogP contribution in [0.1, 0.15) is 42.4 Å². The Balaban J connectivity index is 1.41. The summed E-state index contributed by atoms with van der Waals surface area (Å²) in [5, 5.41) is 2.98. The number of rotatable bonds is 8. The van der Waals surface area contributed by atoms with Crippen LogP contribution >= 0.6 is 24.0 Å². The molecule has 3 rings (SSSR count). The summed E-state index contributed by atoms with van der Waals surface area (Å²) in [5.74, 6) is -0.000184. The van der Waals surface area contributed by atoms with E-state index in [9.17, 15) is 9.59 Å². The third-order valence-electron chi connectivity index (χ3n) is 4.91. The summed E-state index contributed by atoms with van der Waals surface area (Å²) in [5.41, 5.74) is 4.11. The maximum Gasteiger partial charge on any atom is 0.266 e. The van der Waals surface area contributed by atoms with Gasteiger partial charge in [-0.15, -0.1) is 0 Å². The molecule has 0 unspecified atom stereocenters. The minimum Gasteiger partial charge on any atom is -0.326 e. The highest BCUT2D eigenvalue weighted by molar-refractivity contribution is 8.26. The second-order valence-corrected chi connectivity index (χ2v) is 9.10. The maximum atomic E-state index is 12.6. The first-order valence-corrected chi connectivity index (χ1v) is 11.3. The molecule has 6 heteroatoms. The Bertz CT molecular complexity index is 970. The van der Waals surface area contributed by atoms with E-state index in [1.54, 1.807) is 4.90 Å². The largest absolute Gasteiger partial charge is 0.326 e. The fourth-order valence-corrected chi connectivity index (χ4v) is 4.60. The van der Waals surface area contributed by atoms with Crippen LogP contribution in [-0.2, 0) is 9.59 Å². The van der Waals surface area contributed by atoms with Crippen molar-refractivity contribution < 1.29 is 9.59 Å². The average Bonchev–Trinajstić information content (AvgIpc) is 2.98. The summed E-state index contributed by atoms with van der Waals surface area (Å²) in [7, 11) is 0. The molecular formula is C24H26N2O2S2. The van der Waals surface area contributed by atoms with Crippen LogP contribution in [0.15, 0.2) is 53.4 Å². The fraction of sp³-hybridized carbons (Fsp3) is 0.292. The zero-order valence-electron chi connectivity index (χ0n) is 17.3. The summed E-state index contributed by atoms with van der Waals surface area (Å²) in [6, 6.07) is 15.8. The van der Waals surface area contributed by atoms with Gasteiger partial charge in [0, 0.05) is 18.7 Å². The minimum atomic E-state index is -0.0264. The molecule has 0 saturated carbocycles. The van der Waals surface area contributed by atoms with Crippen molar-refractivity contribution in [2.75, 3.05) is 11.9 Å². The van der Waals surface area contributed by atoms with Crippen LogP contribution in [0, 0.1) is 13.8 Å². The number of carbonyl (C=O) groups excluding carboxylic acids is 2. The minimum absolute atomic E-state index is 0.0263. The Morgan fingerprint density at radius 2 is 1.87 bits per heavy atom. The molecule has 2 aromatic carbocycles. The molecule has 2 amide bonds. The Morgan fingerprint density at radius 1 is 1.10 bits per heavy atom. The third-order valence-corrected chi connectivity index (χ3v) is 6.29. The van der Waals surface area contributed by atoms with Gasteiger partial charge < -0.3 is 5.32 Å². The van der Waals surface area contributed by atoms with E-state index in [0.29, 0.717) is 22.2 Å². The molecule has 1 fully saturated rings. The number of nitrogens with zero attached hydrogens (tertiary/aromatic N) is 1. The quantitative estimate of drug-likeness (QED) is 0.326. The molecule has 0 bridgehead atoms. The second kappa shape index (κ2) is 10.5. The van der Waals surface area contributed by atoms with Crippen LogP contribution in [0.5, 0.6) is 0 Å². The molecule has 0 spiro atoms. The van der Waals surface area contributed by atoms with Gasteiger partial charge in [0.1, 0.15) is 4.32 Å². The highest BCUT2D eigenvalue weighted by Gasteiger charge is 2.31. The maximum absolute atomic E-state index is 12.6. The van der Waals surface area contributed by atoms with Crippen molar-refractivity contribution >= 4 is 51.9 Å². The van der Waals surface area contributed by atoms with E-state index in [4.69, 9.17) is 12.2 Å². The van der Waals surface area contributed by atoms with E-state index in [1.165, 1.54) is 17.3 Å². The topological polar surface area (TPSA) is 49.4 Å². The smallest absolute Gasteiger partial charge is 0.266 e. The van der Waals surface area contributed by atoms with E-state index in [0.717, 1.165) is 36.1 Å².